The van der Waals surface area contributed by atoms with E-state index in [0.29, 0.717) is 6.04 Å². The van der Waals surface area contributed by atoms with Crippen LogP contribution < -0.4 is 5.73 Å². The molecule has 0 bridgehead atoms. The van der Waals surface area contributed by atoms with Crippen molar-refractivity contribution >= 4 is 39.7 Å². The van der Waals surface area contributed by atoms with Gasteiger partial charge in [-0.1, -0.05) is 0 Å². The molecular weight excluding hydrogens is 320 g/mol. The molecular formula is C12H18BrClN2S. The van der Waals surface area contributed by atoms with Crippen LogP contribution in [-0.4, -0.2) is 24.0 Å². The van der Waals surface area contributed by atoms with Crippen molar-refractivity contribution in [2.45, 2.75) is 25.4 Å². The fourth-order valence-corrected chi connectivity index (χ4v) is 4.71. The van der Waals surface area contributed by atoms with E-state index in [2.05, 4.69) is 33.0 Å². The predicted octanol–water partition coefficient (Wildman–Crippen LogP) is 3.10. The van der Waals surface area contributed by atoms with Crippen LogP contribution in [0.2, 0.25) is 0 Å². The van der Waals surface area contributed by atoms with Gasteiger partial charge in [0.05, 0.1) is 3.79 Å². The minimum atomic E-state index is 0. The maximum Gasteiger partial charge on any atom is 0.0701 e. The van der Waals surface area contributed by atoms with Gasteiger partial charge in [-0.15, -0.1) is 23.7 Å². The van der Waals surface area contributed by atoms with Crippen LogP contribution in [0.5, 0.6) is 0 Å². The molecule has 3 unspecified atom stereocenters. The standard InChI is InChI=1S/C12H17BrN2S.ClH/c13-12-4-2-9(16-12)6-15-5-8-1-3-11(14)10(8)7-15;/h2,4,8,10-11H,1,3,5-7,14H2;1H. The first-order valence-electron chi connectivity index (χ1n) is 5.94. The Labute approximate surface area is 121 Å². The summed E-state index contributed by atoms with van der Waals surface area (Å²) in [4.78, 5) is 4.03. The molecule has 17 heavy (non-hydrogen) atoms. The van der Waals surface area contributed by atoms with Crippen molar-refractivity contribution in [3.8, 4) is 0 Å². The molecule has 5 heteroatoms. The van der Waals surface area contributed by atoms with Gasteiger partial charge < -0.3 is 5.73 Å². The highest BCUT2D eigenvalue weighted by molar-refractivity contribution is 9.11. The maximum atomic E-state index is 6.15. The van der Waals surface area contributed by atoms with Gasteiger partial charge in [0.25, 0.3) is 0 Å². The summed E-state index contributed by atoms with van der Waals surface area (Å²) in [6.07, 6.45) is 2.59. The zero-order chi connectivity index (χ0) is 11.1. The van der Waals surface area contributed by atoms with Gasteiger partial charge >= 0.3 is 0 Å². The number of fused-ring (bicyclic) bond motifs is 1. The minimum absolute atomic E-state index is 0. The fourth-order valence-electron chi connectivity index (χ4n) is 3.19. The summed E-state index contributed by atoms with van der Waals surface area (Å²) in [5.74, 6) is 1.64. The van der Waals surface area contributed by atoms with E-state index in [-0.39, 0.29) is 12.4 Å². The van der Waals surface area contributed by atoms with Gasteiger partial charge in [-0.25, -0.2) is 0 Å². The molecule has 3 rings (SSSR count). The fraction of sp³-hybridized carbons (Fsp3) is 0.667. The van der Waals surface area contributed by atoms with Gasteiger partial charge in [0.1, 0.15) is 0 Å². The van der Waals surface area contributed by atoms with Crippen molar-refractivity contribution in [2.75, 3.05) is 13.1 Å². The second kappa shape index (κ2) is 5.57. The van der Waals surface area contributed by atoms with Crippen molar-refractivity contribution in [3.05, 3.63) is 20.8 Å². The van der Waals surface area contributed by atoms with Gasteiger partial charge in [0.2, 0.25) is 0 Å². The van der Waals surface area contributed by atoms with Crippen LogP contribution in [0.25, 0.3) is 0 Å². The maximum absolute atomic E-state index is 6.15. The lowest BCUT2D eigenvalue weighted by Crippen LogP contribution is -2.30. The Balaban J connectivity index is 0.00000108. The number of thiophene rings is 1. The van der Waals surface area contributed by atoms with Crippen LogP contribution in [0.4, 0.5) is 0 Å². The van der Waals surface area contributed by atoms with Gasteiger partial charge in [-0.2, -0.15) is 0 Å². The molecule has 2 aliphatic rings. The minimum Gasteiger partial charge on any atom is -0.327 e. The molecule has 0 aromatic carbocycles. The third kappa shape index (κ3) is 2.87. The highest BCUT2D eigenvalue weighted by atomic mass is 79.9. The molecule has 2 N–H and O–H groups in total. The number of nitrogens with two attached hydrogens (primary N) is 1. The summed E-state index contributed by atoms with van der Waals surface area (Å²) in [7, 11) is 0. The molecule has 0 spiro atoms. The first-order valence-corrected chi connectivity index (χ1v) is 7.55. The molecule has 96 valence electrons. The van der Waals surface area contributed by atoms with Crippen molar-refractivity contribution in [1.29, 1.82) is 0 Å². The normalized spacial score (nSPS) is 32.5. The summed E-state index contributed by atoms with van der Waals surface area (Å²) >= 11 is 5.37. The highest BCUT2D eigenvalue weighted by Crippen LogP contribution is 2.38. The SMILES string of the molecule is Cl.NC1CCC2CN(Cc3ccc(Br)s3)CC12. The van der Waals surface area contributed by atoms with E-state index in [4.69, 9.17) is 5.73 Å². The van der Waals surface area contributed by atoms with Crippen LogP contribution in [-0.2, 0) is 6.54 Å². The van der Waals surface area contributed by atoms with E-state index < -0.39 is 0 Å². The van der Waals surface area contributed by atoms with E-state index in [1.165, 1.54) is 34.6 Å². The van der Waals surface area contributed by atoms with Crippen molar-refractivity contribution < 1.29 is 0 Å². The largest absolute Gasteiger partial charge is 0.327 e. The zero-order valence-electron chi connectivity index (χ0n) is 9.64. The van der Waals surface area contributed by atoms with Gasteiger partial charge in [-0.05, 0) is 52.7 Å². The lowest BCUT2D eigenvalue weighted by atomic mass is 9.98. The molecule has 1 aromatic heterocycles. The first kappa shape index (κ1) is 13.8. The van der Waals surface area contributed by atoms with Crippen LogP contribution in [0.3, 0.4) is 0 Å². The molecule has 1 aliphatic carbocycles. The molecule has 1 aliphatic heterocycles. The van der Waals surface area contributed by atoms with Crippen molar-refractivity contribution in [1.82, 2.24) is 4.90 Å². The lowest BCUT2D eigenvalue weighted by molar-refractivity contribution is 0.301. The molecule has 0 amide bonds. The second-order valence-electron chi connectivity index (χ2n) is 5.07. The number of likely N-dealkylation sites (tertiary alicyclic amines) is 1. The molecule has 3 atom stereocenters. The van der Waals surface area contributed by atoms with E-state index in [1.807, 2.05) is 11.3 Å². The third-order valence-electron chi connectivity index (χ3n) is 4.00. The first-order chi connectivity index (χ1) is 7.72. The molecule has 1 aromatic rings. The van der Waals surface area contributed by atoms with Gasteiger partial charge in [-0.3, -0.25) is 4.90 Å². The summed E-state index contributed by atoms with van der Waals surface area (Å²) in [6.45, 7) is 3.57. The Morgan fingerprint density at radius 3 is 2.82 bits per heavy atom. The Hall–Kier alpha value is 0.390. The van der Waals surface area contributed by atoms with Crippen LogP contribution in [0.15, 0.2) is 15.9 Å². The summed E-state index contributed by atoms with van der Waals surface area (Å²) in [5.41, 5.74) is 6.15. The smallest absolute Gasteiger partial charge is 0.0701 e. The average molecular weight is 338 g/mol. The molecule has 2 heterocycles. The lowest BCUT2D eigenvalue weighted by Gasteiger charge is -2.17. The molecule has 0 radical (unpaired) electrons. The zero-order valence-corrected chi connectivity index (χ0v) is 12.9. The number of nitrogens with zero attached hydrogens (tertiary/aromatic N) is 1. The summed E-state index contributed by atoms with van der Waals surface area (Å²) in [5, 5.41) is 0. The summed E-state index contributed by atoms with van der Waals surface area (Å²) in [6, 6.07) is 4.83. The monoisotopic (exact) mass is 336 g/mol. The van der Waals surface area contributed by atoms with Gasteiger partial charge in [0, 0.05) is 30.6 Å². The van der Waals surface area contributed by atoms with Crippen LogP contribution >= 0.6 is 39.7 Å². The number of rotatable bonds is 2. The van der Waals surface area contributed by atoms with E-state index in [0.717, 1.165) is 18.4 Å². The Bertz CT molecular complexity index is 384. The van der Waals surface area contributed by atoms with Crippen LogP contribution in [0, 0.1) is 11.8 Å². The molecule has 1 saturated carbocycles. The Kier molecular flexibility index (Phi) is 4.53. The van der Waals surface area contributed by atoms with Gasteiger partial charge in [0.15, 0.2) is 0 Å². The number of hydrogen-bond donors (Lipinski definition) is 1. The quantitative estimate of drug-likeness (QED) is 0.898. The number of hydrogen-bond acceptors (Lipinski definition) is 3. The molecule has 2 fully saturated rings. The van der Waals surface area contributed by atoms with Crippen molar-refractivity contribution in [2.24, 2.45) is 17.6 Å². The summed E-state index contributed by atoms with van der Waals surface area (Å²) < 4.78 is 1.23. The molecule has 2 nitrogen and oxygen atoms in total. The Morgan fingerprint density at radius 2 is 2.18 bits per heavy atom. The van der Waals surface area contributed by atoms with E-state index >= 15 is 0 Å². The second-order valence-corrected chi connectivity index (χ2v) is 7.61. The topological polar surface area (TPSA) is 29.3 Å². The number of halogens is 2. The molecule has 1 saturated heterocycles. The van der Waals surface area contributed by atoms with E-state index in [1.54, 1.807) is 0 Å². The predicted molar refractivity (Wildman–Crippen MR) is 78.7 cm³/mol. The van der Waals surface area contributed by atoms with Crippen molar-refractivity contribution in [3.63, 3.8) is 0 Å². The van der Waals surface area contributed by atoms with Crippen LogP contribution in [0.1, 0.15) is 17.7 Å². The van der Waals surface area contributed by atoms with E-state index in [9.17, 15) is 0 Å². The average Bonchev–Trinajstić information content (AvgIpc) is 2.88. The third-order valence-corrected chi connectivity index (χ3v) is 5.60. The Morgan fingerprint density at radius 1 is 1.35 bits per heavy atom. The highest BCUT2D eigenvalue weighted by Gasteiger charge is 2.40.